The number of benzene rings is 1. The summed E-state index contributed by atoms with van der Waals surface area (Å²) in [4.78, 5) is 28.2. The van der Waals surface area contributed by atoms with Gasteiger partial charge >= 0.3 is 0 Å². The molecular weight excluding hydrogens is 314 g/mol. The first-order chi connectivity index (χ1) is 12.0. The number of aromatic nitrogens is 1. The maximum Gasteiger partial charge on any atom is 0.251 e. The zero-order chi connectivity index (χ0) is 18.2. The van der Waals surface area contributed by atoms with Crippen molar-refractivity contribution in [2.75, 3.05) is 0 Å². The zero-order valence-electron chi connectivity index (χ0n) is 14.7. The highest BCUT2D eigenvalue weighted by molar-refractivity contribution is 5.94. The van der Waals surface area contributed by atoms with E-state index < -0.39 is 0 Å². The number of hydrogen-bond acceptors (Lipinski definition) is 3. The molecule has 2 aromatic rings. The quantitative estimate of drug-likeness (QED) is 0.796. The monoisotopic (exact) mass is 337 g/mol. The number of allylic oxidation sites excluding steroid dienone is 1. The highest BCUT2D eigenvalue weighted by atomic mass is 16.2. The molecule has 0 aliphatic heterocycles. The molecule has 1 atom stereocenters. The van der Waals surface area contributed by atoms with Crippen molar-refractivity contribution in [3.05, 3.63) is 77.1 Å². The van der Waals surface area contributed by atoms with E-state index in [-0.39, 0.29) is 17.9 Å². The molecule has 1 aromatic carbocycles. The number of carbonyl (C=O) groups excluding carboxylic acids is 2. The number of pyridine rings is 1. The van der Waals surface area contributed by atoms with E-state index in [1.807, 2.05) is 51.1 Å². The molecule has 5 nitrogen and oxygen atoms in total. The van der Waals surface area contributed by atoms with E-state index in [0.29, 0.717) is 12.1 Å². The predicted octanol–water partition coefficient (Wildman–Crippen LogP) is 3.16. The summed E-state index contributed by atoms with van der Waals surface area (Å²) < 4.78 is 0. The van der Waals surface area contributed by atoms with Gasteiger partial charge in [-0.25, -0.2) is 0 Å². The molecule has 0 fully saturated rings. The van der Waals surface area contributed by atoms with Crippen LogP contribution in [0.25, 0.3) is 0 Å². The number of amides is 2. The Balaban J connectivity index is 1.91. The fraction of sp³-hybridized carbons (Fsp3) is 0.250. The van der Waals surface area contributed by atoms with Gasteiger partial charge in [-0.2, -0.15) is 0 Å². The Morgan fingerprint density at radius 2 is 1.84 bits per heavy atom. The lowest BCUT2D eigenvalue weighted by molar-refractivity contribution is -0.116. The van der Waals surface area contributed by atoms with Gasteiger partial charge in [0.1, 0.15) is 0 Å². The van der Waals surface area contributed by atoms with Crippen LogP contribution in [0.4, 0.5) is 0 Å². The van der Waals surface area contributed by atoms with Crippen LogP contribution in [0.3, 0.4) is 0 Å². The van der Waals surface area contributed by atoms with Crippen molar-refractivity contribution < 1.29 is 9.59 Å². The third-order valence-corrected chi connectivity index (χ3v) is 3.58. The fourth-order valence-electron chi connectivity index (χ4n) is 2.26. The summed E-state index contributed by atoms with van der Waals surface area (Å²) in [6, 6.07) is 12.6. The van der Waals surface area contributed by atoms with Gasteiger partial charge in [-0.05, 0) is 50.6 Å². The van der Waals surface area contributed by atoms with Crippen LogP contribution in [-0.4, -0.2) is 16.8 Å². The summed E-state index contributed by atoms with van der Waals surface area (Å²) >= 11 is 0. The lowest BCUT2D eigenvalue weighted by Crippen LogP contribution is -2.27. The van der Waals surface area contributed by atoms with Crippen LogP contribution < -0.4 is 10.6 Å². The van der Waals surface area contributed by atoms with E-state index in [0.717, 1.165) is 16.8 Å². The third kappa shape index (κ3) is 5.88. The number of rotatable bonds is 6. The zero-order valence-corrected chi connectivity index (χ0v) is 14.7. The maximum atomic E-state index is 12.3. The molecule has 1 heterocycles. The van der Waals surface area contributed by atoms with Crippen molar-refractivity contribution >= 4 is 11.8 Å². The second-order valence-corrected chi connectivity index (χ2v) is 6.09. The Bertz CT molecular complexity index is 748. The number of nitrogens with one attached hydrogen (secondary N) is 2. The molecule has 2 N–H and O–H groups in total. The molecule has 1 aromatic heterocycles. The maximum absolute atomic E-state index is 12.3. The lowest BCUT2D eigenvalue weighted by atomic mass is 10.1. The van der Waals surface area contributed by atoms with Crippen molar-refractivity contribution in [3.8, 4) is 0 Å². The first-order valence-corrected chi connectivity index (χ1v) is 8.19. The van der Waals surface area contributed by atoms with Gasteiger partial charge in [0, 0.05) is 24.4 Å². The Morgan fingerprint density at radius 1 is 1.12 bits per heavy atom. The summed E-state index contributed by atoms with van der Waals surface area (Å²) in [7, 11) is 0. The molecule has 130 valence electrons. The van der Waals surface area contributed by atoms with E-state index in [1.165, 1.54) is 0 Å². The lowest BCUT2D eigenvalue weighted by Gasteiger charge is -2.13. The van der Waals surface area contributed by atoms with Gasteiger partial charge in [0.15, 0.2) is 0 Å². The van der Waals surface area contributed by atoms with Crippen LogP contribution in [0.1, 0.15) is 48.4 Å². The Hall–Kier alpha value is -2.95. The van der Waals surface area contributed by atoms with Gasteiger partial charge in [-0.3, -0.25) is 14.6 Å². The number of hydrogen-bond donors (Lipinski definition) is 2. The molecule has 0 aliphatic rings. The Morgan fingerprint density at radius 3 is 2.44 bits per heavy atom. The standard InChI is InChI=1S/C20H23N3O2/c1-14(2)12-19(24)22-13-16-7-9-17(10-8-16)20(25)23-15(3)18-6-4-5-11-21-18/h4-12,15H,13H2,1-3H3,(H,22,24)(H,23,25)/t15-/m0/s1. The first kappa shape index (κ1) is 18.4. The van der Waals surface area contributed by atoms with E-state index >= 15 is 0 Å². The molecular formula is C20H23N3O2. The van der Waals surface area contributed by atoms with Crippen LogP contribution in [0.5, 0.6) is 0 Å². The van der Waals surface area contributed by atoms with Crippen LogP contribution >= 0.6 is 0 Å². The Kier molecular flexibility index (Phi) is 6.46. The third-order valence-electron chi connectivity index (χ3n) is 3.58. The van der Waals surface area contributed by atoms with Crippen LogP contribution in [0.15, 0.2) is 60.3 Å². The minimum Gasteiger partial charge on any atom is -0.348 e. The smallest absolute Gasteiger partial charge is 0.251 e. The van der Waals surface area contributed by atoms with Crippen LogP contribution in [-0.2, 0) is 11.3 Å². The average Bonchev–Trinajstić information content (AvgIpc) is 2.60. The largest absolute Gasteiger partial charge is 0.348 e. The highest BCUT2D eigenvalue weighted by Gasteiger charge is 2.12. The molecule has 2 amide bonds. The molecule has 0 unspecified atom stereocenters. The SMILES string of the molecule is CC(C)=CC(=O)NCc1ccc(C(=O)N[C@@H](C)c2ccccn2)cc1. The number of carbonyl (C=O) groups is 2. The summed E-state index contributed by atoms with van der Waals surface area (Å²) in [5, 5.41) is 5.73. The second-order valence-electron chi connectivity index (χ2n) is 6.09. The molecule has 5 heteroatoms. The number of nitrogens with zero attached hydrogens (tertiary/aromatic N) is 1. The minimum atomic E-state index is -0.170. The van der Waals surface area contributed by atoms with Gasteiger partial charge in [0.05, 0.1) is 11.7 Å². The van der Waals surface area contributed by atoms with Crippen molar-refractivity contribution in [3.63, 3.8) is 0 Å². The summed E-state index contributed by atoms with van der Waals surface area (Å²) in [6.07, 6.45) is 3.26. The van der Waals surface area contributed by atoms with Crippen LogP contribution in [0, 0.1) is 0 Å². The van der Waals surface area contributed by atoms with Crippen molar-refractivity contribution in [2.45, 2.75) is 33.4 Å². The van der Waals surface area contributed by atoms with Crippen LogP contribution in [0.2, 0.25) is 0 Å². The van der Waals surface area contributed by atoms with Gasteiger partial charge < -0.3 is 10.6 Å². The van der Waals surface area contributed by atoms with Gasteiger partial charge in [-0.1, -0.05) is 23.8 Å². The first-order valence-electron chi connectivity index (χ1n) is 8.19. The van der Waals surface area contributed by atoms with E-state index in [9.17, 15) is 9.59 Å². The second kappa shape index (κ2) is 8.78. The molecule has 0 radical (unpaired) electrons. The summed E-state index contributed by atoms with van der Waals surface area (Å²) in [6.45, 7) is 6.07. The molecule has 0 spiro atoms. The van der Waals surface area contributed by atoms with E-state index in [4.69, 9.17) is 0 Å². The topological polar surface area (TPSA) is 71.1 Å². The molecule has 0 saturated carbocycles. The van der Waals surface area contributed by atoms with Crippen molar-refractivity contribution in [2.24, 2.45) is 0 Å². The van der Waals surface area contributed by atoms with E-state index in [2.05, 4.69) is 15.6 Å². The molecule has 0 saturated heterocycles. The minimum absolute atomic E-state index is 0.119. The molecule has 0 bridgehead atoms. The van der Waals surface area contributed by atoms with Crippen molar-refractivity contribution in [1.29, 1.82) is 0 Å². The molecule has 25 heavy (non-hydrogen) atoms. The average molecular weight is 337 g/mol. The molecule has 2 rings (SSSR count). The summed E-state index contributed by atoms with van der Waals surface area (Å²) in [5.41, 5.74) is 3.27. The summed E-state index contributed by atoms with van der Waals surface area (Å²) in [5.74, 6) is -0.274. The van der Waals surface area contributed by atoms with Gasteiger partial charge in [-0.15, -0.1) is 0 Å². The van der Waals surface area contributed by atoms with Crippen molar-refractivity contribution in [1.82, 2.24) is 15.6 Å². The predicted molar refractivity (Wildman–Crippen MR) is 97.8 cm³/mol. The highest BCUT2D eigenvalue weighted by Crippen LogP contribution is 2.10. The Labute approximate surface area is 148 Å². The van der Waals surface area contributed by atoms with Gasteiger partial charge in [0.2, 0.25) is 5.91 Å². The molecule has 0 aliphatic carbocycles. The fourth-order valence-corrected chi connectivity index (χ4v) is 2.26. The van der Waals surface area contributed by atoms with Gasteiger partial charge in [0.25, 0.3) is 5.91 Å². The van der Waals surface area contributed by atoms with E-state index in [1.54, 1.807) is 24.4 Å². The normalized spacial score (nSPS) is 11.3.